The fourth-order valence-electron chi connectivity index (χ4n) is 1.65. The summed E-state index contributed by atoms with van der Waals surface area (Å²) in [6.45, 7) is 1.86. The molecule has 0 heterocycles. The number of carboxylic acid groups (broad SMARTS) is 1. The third kappa shape index (κ3) is 3.92. The Morgan fingerprint density at radius 3 is 2.23 bits per heavy atom. The van der Waals surface area contributed by atoms with Gasteiger partial charge in [0.05, 0.1) is 17.1 Å². The first-order valence-electron chi connectivity index (χ1n) is 6.31. The van der Waals surface area contributed by atoms with Gasteiger partial charge >= 0.3 is 0 Å². The quantitative estimate of drug-likeness (QED) is 0.647. The molecule has 1 N–H and O–H groups in total. The highest BCUT2D eigenvalue weighted by molar-refractivity contribution is 7.89. The summed E-state index contributed by atoms with van der Waals surface area (Å²) in [5.74, 6) is -1.27. The molecule has 22 heavy (non-hydrogen) atoms. The molecule has 0 fully saturated rings. The first-order valence-corrected chi connectivity index (χ1v) is 7.80. The summed E-state index contributed by atoms with van der Waals surface area (Å²) in [5.41, 5.74) is 1.55. The SMILES string of the molecule is Cc1ccc(S(=O)(=O)N/N=C\c2ccc(C(=O)[O-])cc2)cc1. The number of carboxylic acids is 1. The molecule has 0 saturated carbocycles. The van der Waals surface area contributed by atoms with Crippen LogP contribution in [0.3, 0.4) is 0 Å². The molecule has 0 unspecified atom stereocenters. The Morgan fingerprint density at radius 2 is 1.68 bits per heavy atom. The molecular weight excluding hydrogens is 304 g/mol. The fraction of sp³-hybridized carbons (Fsp3) is 0.0667. The van der Waals surface area contributed by atoms with Crippen LogP contribution >= 0.6 is 0 Å². The summed E-state index contributed by atoms with van der Waals surface area (Å²) in [7, 11) is -3.72. The molecule has 2 aromatic rings. The van der Waals surface area contributed by atoms with Gasteiger partial charge in [0.15, 0.2) is 0 Å². The second-order valence-electron chi connectivity index (χ2n) is 4.58. The van der Waals surface area contributed by atoms with Crippen molar-refractivity contribution in [1.82, 2.24) is 4.83 Å². The minimum Gasteiger partial charge on any atom is -0.545 e. The number of rotatable bonds is 5. The topological polar surface area (TPSA) is 98.7 Å². The van der Waals surface area contributed by atoms with E-state index < -0.39 is 16.0 Å². The number of sulfonamides is 1. The van der Waals surface area contributed by atoms with Crippen LogP contribution in [-0.2, 0) is 10.0 Å². The van der Waals surface area contributed by atoms with Gasteiger partial charge in [-0.15, -0.1) is 0 Å². The zero-order valence-electron chi connectivity index (χ0n) is 11.7. The number of hydrogen-bond donors (Lipinski definition) is 1. The molecule has 0 aliphatic rings. The molecule has 0 radical (unpaired) electrons. The van der Waals surface area contributed by atoms with E-state index in [9.17, 15) is 18.3 Å². The van der Waals surface area contributed by atoms with Crippen LogP contribution in [0.4, 0.5) is 0 Å². The second-order valence-corrected chi connectivity index (χ2v) is 6.24. The van der Waals surface area contributed by atoms with E-state index in [1.54, 1.807) is 12.1 Å². The molecule has 0 bridgehead atoms. The average Bonchev–Trinajstić information content (AvgIpc) is 2.48. The Kier molecular flexibility index (Phi) is 4.57. The number of carbonyl (C=O) groups excluding carboxylic acids is 1. The Bertz CT molecular complexity index is 794. The van der Waals surface area contributed by atoms with Gasteiger partial charge in [0.2, 0.25) is 0 Å². The van der Waals surface area contributed by atoms with Gasteiger partial charge in [-0.2, -0.15) is 13.5 Å². The third-order valence-corrected chi connectivity index (χ3v) is 4.10. The van der Waals surface area contributed by atoms with Crippen LogP contribution in [0.15, 0.2) is 58.5 Å². The Hall–Kier alpha value is -2.67. The van der Waals surface area contributed by atoms with Crippen molar-refractivity contribution < 1.29 is 18.3 Å². The monoisotopic (exact) mass is 317 g/mol. The summed E-state index contributed by atoms with van der Waals surface area (Å²) in [5, 5.41) is 14.3. The molecule has 0 atom stereocenters. The van der Waals surface area contributed by atoms with Gasteiger partial charge in [-0.25, -0.2) is 4.83 Å². The number of aryl methyl sites for hydroxylation is 1. The van der Waals surface area contributed by atoms with Crippen molar-refractivity contribution in [2.24, 2.45) is 5.10 Å². The zero-order valence-corrected chi connectivity index (χ0v) is 12.5. The number of aromatic carboxylic acids is 1. The lowest BCUT2D eigenvalue weighted by molar-refractivity contribution is -0.255. The number of nitrogens with zero attached hydrogens (tertiary/aromatic N) is 1. The number of nitrogens with one attached hydrogen (secondary N) is 1. The maximum atomic E-state index is 12.0. The first-order chi connectivity index (χ1) is 10.4. The Morgan fingerprint density at radius 1 is 1.09 bits per heavy atom. The molecule has 7 heteroatoms. The van der Waals surface area contributed by atoms with Gasteiger partial charge in [0, 0.05) is 0 Å². The van der Waals surface area contributed by atoms with Crippen molar-refractivity contribution in [2.75, 3.05) is 0 Å². The van der Waals surface area contributed by atoms with E-state index in [-0.39, 0.29) is 10.5 Å². The van der Waals surface area contributed by atoms with Crippen molar-refractivity contribution in [3.05, 3.63) is 65.2 Å². The maximum Gasteiger partial charge on any atom is 0.276 e. The van der Waals surface area contributed by atoms with Crippen molar-refractivity contribution in [3.63, 3.8) is 0 Å². The molecular formula is C15H13N2O4S-. The molecule has 0 saturated heterocycles. The number of carbonyl (C=O) groups is 1. The summed E-state index contributed by atoms with van der Waals surface area (Å²) in [6.07, 6.45) is 1.28. The number of hydrazone groups is 1. The normalized spacial score (nSPS) is 11.5. The van der Waals surface area contributed by atoms with Crippen molar-refractivity contribution in [1.29, 1.82) is 0 Å². The predicted octanol–water partition coefficient (Wildman–Crippen LogP) is 0.671. The molecule has 0 aliphatic carbocycles. The number of benzene rings is 2. The predicted molar refractivity (Wildman–Crippen MR) is 79.9 cm³/mol. The Balaban J connectivity index is 2.08. The van der Waals surface area contributed by atoms with E-state index in [0.717, 1.165) is 5.56 Å². The van der Waals surface area contributed by atoms with Gasteiger partial charge in [-0.3, -0.25) is 0 Å². The van der Waals surface area contributed by atoms with E-state index >= 15 is 0 Å². The summed E-state index contributed by atoms with van der Waals surface area (Å²) >= 11 is 0. The second kappa shape index (κ2) is 6.40. The standard InChI is InChI=1S/C15H14N2O4S/c1-11-2-8-14(9-3-11)22(20,21)17-16-10-12-4-6-13(7-5-12)15(18)19/h2-10,17H,1H3,(H,18,19)/p-1/b16-10-. The van der Waals surface area contributed by atoms with Crippen LogP contribution in [0, 0.1) is 6.92 Å². The largest absolute Gasteiger partial charge is 0.545 e. The van der Waals surface area contributed by atoms with Crippen molar-refractivity contribution in [2.45, 2.75) is 11.8 Å². The van der Waals surface area contributed by atoms with Crippen molar-refractivity contribution in [3.8, 4) is 0 Å². The van der Waals surface area contributed by atoms with Crippen LogP contribution in [0.25, 0.3) is 0 Å². The third-order valence-electron chi connectivity index (χ3n) is 2.86. The molecule has 6 nitrogen and oxygen atoms in total. The lowest BCUT2D eigenvalue weighted by atomic mass is 10.1. The van der Waals surface area contributed by atoms with Gasteiger partial charge in [-0.05, 0) is 30.2 Å². The minimum atomic E-state index is -3.72. The van der Waals surface area contributed by atoms with E-state index in [2.05, 4.69) is 9.93 Å². The van der Waals surface area contributed by atoms with Crippen LogP contribution in [-0.4, -0.2) is 20.6 Å². The molecule has 0 spiro atoms. The van der Waals surface area contributed by atoms with Crippen LogP contribution < -0.4 is 9.94 Å². The molecule has 0 amide bonds. The van der Waals surface area contributed by atoms with Crippen LogP contribution in [0.5, 0.6) is 0 Å². The molecule has 2 rings (SSSR count). The highest BCUT2D eigenvalue weighted by Crippen LogP contribution is 2.09. The molecule has 0 aliphatic heterocycles. The molecule has 2 aromatic carbocycles. The summed E-state index contributed by atoms with van der Waals surface area (Å²) in [6, 6.07) is 12.1. The van der Waals surface area contributed by atoms with E-state index in [0.29, 0.717) is 5.56 Å². The smallest absolute Gasteiger partial charge is 0.276 e. The maximum absolute atomic E-state index is 12.0. The van der Waals surface area contributed by atoms with E-state index in [4.69, 9.17) is 0 Å². The first kappa shape index (κ1) is 15.7. The zero-order chi connectivity index (χ0) is 16.2. The summed E-state index contributed by atoms with van der Waals surface area (Å²) in [4.78, 5) is 12.8. The van der Waals surface area contributed by atoms with Crippen LogP contribution in [0.1, 0.15) is 21.5 Å². The Labute approximate surface area is 128 Å². The molecule has 0 aromatic heterocycles. The van der Waals surface area contributed by atoms with Gasteiger partial charge in [0.1, 0.15) is 0 Å². The van der Waals surface area contributed by atoms with Gasteiger partial charge in [-0.1, -0.05) is 42.0 Å². The average molecular weight is 317 g/mol. The molecule has 114 valence electrons. The van der Waals surface area contributed by atoms with Crippen molar-refractivity contribution >= 4 is 22.2 Å². The lowest BCUT2D eigenvalue weighted by Crippen LogP contribution is -2.22. The summed E-state index contributed by atoms with van der Waals surface area (Å²) < 4.78 is 23.9. The van der Waals surface area contributed by atoms with E-state index in [1.807, 2.05) is 6.92 Å². The lowest BCUT2D eigenvalue weighted by Gasteiger charge is -2.04. The minimum absolute atomic E-state index is 0.0392. The van der Waals surface area contributed by atoms with Gasteiger partial charge < -0.3 is 9.90 Å². The number of hydrogen-bond acceptors (Lipinski definition) is 5. The van der Waals surface area contributed by atoms with E-state index in [1.165, 1.54) is 42.6 Å². The van der Waals surface area contributed by atoms with Crippen LogP contribution in [0.2, 0.25) is 0 Å². The highest BCUT2D eigenvalue weighted by atomic mass is 32.2. The fourth-order valence-corrected chi connectivity index (χ4v) is 2.44. The van der Waals surface area contributed by atoms with Gasteiger partial charge in [0.25, 0.3) is 10.0 Å². The highest BCUT2D eigenvalue weighted by Gasteiger charge is 2.11.